The average Bonchev–Trinajstić information content (AvgIpc) is 3.26. The molecular weight excluding hydrogens is 344 g/mol. The Morgan fingerprint density at radius 2 is 2.15 bits per heavy atom. The van der Waals surface area contributed by atoms with E-state index < -0.39 is 0 Å². The number of amides is 1. The van der Waals surface area contributed by atoms with Gasteiger partial charge < -0.3 is 14.4 Å². The van der Waals surface area contributed by atoms with E-state index in [1.807, 2.05) is 43.0 Å². The standard InChI is InChI=1S/C20H22N4O3/c1-12-19(13(2)27-23-12)17-8-5-11-24(17)18(25)10-9-16-20(26)22-15-7-4-3-6-14(15)21-16/h3-4,6-7,17H,5,8-11H2,1-2H3,(H,22,26). The number of hydrogen-bond donors (Lipinski definition) is 1. The molecule has 1 amide bonds. The van der Waals surface area contributed by atoms with Crippen LogP contribution in [-0.4, -0.2) is 32.5 Å². The summed E-state index contributed by atoms with van der Waals surface area (Å²) in [6, 6.07) is 7.40. The van der Waals surface area contributed by atoms with Gasteiger partial charge in [-0.3, -0.25) is 9.59 Å². The average molecular weight is 366 g/mol. The van der Waals surface area contributed by atoms with E-state index >= 15 is 0 Å². The number of nitrogens with zero attached hydrogens (tertiary/aromatic N) is 3. The van der Waals surface area contributed by atoms with Gasteiger partial charge in [-0.05, 0) is 38.8 Å². The van der Waals surface area contributed by atoms with E-state index in [2.05, 4.69) is 15.1 Å². The van der Waals surface area contributed by atoms with Crippen molar-refractivity contribution in [3.8, 4) is 0 Å². The summed E-state index contributed by atoms with van der Waals surface area (Å²) in [5.41, 5.74) is 3.46. The van der Waals surface area contributed by atoms with Crippen LogP contribution in [0, 0.1) is 13.8 Å². The zero-order chi connectivity index (χ0) is 19.0. The van der Waals surface area contributed by atoms with Crippen LogP contribution in [0.4, 0.5) is 0 Å². The summed E-state index contributed by atoms with van der Waals surface area (Å²) in [4.78, 5) is 34.3. The highest BCUT2D eigenvalue weighted by Gasteiger charge is 2.33. The molecule has 0 bridgehead atoms. The molecule has 1 aliphatic heterocycles. The van der Waals surface area contributed by atoms with Gasteiger partial charge in [-0.25, -0.2) is 4.98 Å². The van der Waals surface area contributed by atoms with Crippen molar-refractivity contribution in [2.45, 2.75) is 45.6 Å². The van der Waals surface area contributed by atoms with Gasteiger partial charge in [-0.1, -0.05) is 17.3 Å². The number of fused-ring (bicyclic) bond motifs is 1. The largest absolute Gasteiger partial charge is 0.361 e. The van der Waals surface area contributed by atoms with Crippen molar-refractivity contribution in [1.82, 2.24) is 20.0 Å². The first-order valence-electron chi connectivity index (χ1n) is 9.25. The number of carbonyl (C=O) groups excluding carboxylic acids is 1. The Hall–Kier alpha value is -2.96. The molecule has 2 aromatic heterocycles. The number of carbonyl (C=O) groups is 1. The minimum absolute atomic E-state index is 0.00611. The highest BCUT2D eigenvalue weighted by atomic mass is 16.5. The molecule has 0 spiro atoms. The lowest BCUT2D eigenvalue weighted by atomic mass is 10.0. The fourth-order valence-electron chi connectivity index (χ4n) is 3.94. The quantitative estimate of drug-likeness (QED) is 0.766. The third-order valence-corrected chi connectivity index (χ3v) is 5.24. The number of nitrogens with one attached hydrogen (secondary N) is 1. The maximum absolute atomic E-state index is 12.9. The molecule has 1 saturated heterocycles. The fourth-order valence-corrected chi connectivity index (χ4v) is 3.94. The predicted molar refractivity (Wildman–Crippen MR) is 100 cm³/mol. The second kappa shape index (κ2) is 6.98. The fraction of sp³-hybridized carbons (Fsp3) is 0.400. The molecule has 1 aliphatic rings. The van der Waals surface area contributed by atoms with Crippen molar-refractivity contribution in [3.63, 3.8) is 0 Å². The Kier molecular flexibility index (Phi) is 4.51. The second-order valence-corrected chi connectivity index (χ2v) is 7.01. The number of para-hydroxylation sites is 2. The van der Waals surface area contributed by atoms with Gasteiger partial charge in [0.25, 0.3) is 5.56 Å². The molecular formula is C20H22N4O3. The van der Waals surface area contributed by atoms with Crippen molar-refractivity contribution in [2.24, 2.45) is 0 Å². The topological polar surface area (TPSA) is 92.1 Å². The lowest BCUT2D eigenvalue weighted by molar-refractivity contribution is -0.132. The molecule has 140 valence electrons. The maximum atomic E-state index is 12.9. The van der Waals surface area contributed by atoms with E-state index in [0.717, 1.165) is 41.9 Å². The molecule has 0 aliphatic carbocycles. The van der Waals surface area contributed by atoms with E-state index in [1.54, 1.807) is 0 Å². The molecule has 1 unspecified atom stereocenters. The van der Waals surface area contributed by atoms with Crippen LogP contribution in [0.3, 0.4) is 0 Å². The van der Waals surface area contributed by atoms with Crippen molar-refractivity contribution in [2.75, 3.05) is 6.54 Å². The molecule has 1 fully saturated rings. The number of aromatic amines is 1. The van der Waals surface area contributed by atoms with E-state index in [-0.39, 0.29) is 23.9 Å². The van der Waals surface area contributed by atoms with Gasteiger partial charge in [0.05, 0.1) is 22.8 Å². The van der Waals surface area contributed by atoms with Crippen molar-refractivity contribution in [1.29, 1.82) is 0 Å². The Balaban J connectivity index is 1.51. The summed E-state index contributed by atoms with van der Waals surface area (Å²) in [7, 11) is 0. The number of benzene rings is 1. The van der Waals surface area contributed by atoms with Crippen molar-refractivity contribution < 1.29 is 9.32 Å². The third-order valence-electron chi connectivity index (χ3n) is 5.24. The number of rotatable bonds is 4. The van der Waals surface area contributed by atoms with Gasteiger partial charge in [0.15, 0.2) is 0 Å². The Labute approximate surface area is 156 Å². The first-order chi connectivity index (χ1) is 13.0. The summed E-state index contributed by atoms with van der Waals surface area (Å²) < 4.78 is 5.28. The van der Waals surface area contributed by atoms with Gasteiger partial charge in [0, 0.05) is 24.9 Å². The monoisotopic (exact) mass is 366 g/mol. The smallest absolute Gasteiger partial charge is 0.270 e. The molecule has 7 nitrogen and oxygen atoms in total. The summed E-state index contributed by atoms with van der Waals surface area (Å²) in [5.74, 6) is 0.802. The van der Waals surface area contributed by atoms with Crippen molar-refractivity contribution >= 4 is 16.9 Å². The van der Waals surface area contributed by atoms with Gasteiger partial charge in [0.2, 0.25) is 5.91 Å². The third kappa shape index (κ3) is 3.25. The molecule has 3 heterocycles. The summed E-state index contributed by atoms with van der Waals surface area (Å²) >= 11 is 0. The van der Waals surface area contributed by atoms with E-state index in [4.69, 9.17) is 4.52 Å². The van der Waals surface area contributed by atoms with Crippen LogP contribution in [0.1, 0.15) is 48.0 Å². The second-order valence-electron chi connectivity index (χ2n) is 7.01. The highest BCUT2D eigenvalue weighted by molar-refractivity contribution is 5.77. The normalized spacial score (nSPS) is 17.0. The lowest BCUT2D eigenvalue weighted by Gasteiger charge is -2.24. The molecule has 1 atom stereocenters. The number of H-pyrrole nitrogens is 1. The van der Waals surface area contributed by atoms with Crippen LogP contribution < -0.4 is 5.56 Å². The van der Waals surface area contributed by atoms with Crippen molar-refractivity contribution in [3.05, 3.63) is 57.3 Å². The number of hydrogen-bond acceptors (Lipinski definition) is 5. The molecule has 3 aromatic rings. The maximum Gasteiger partial charge on any atom is 0.270 e. The van der Waals surface area contributed by atoms with Gasteiger partial charge in [-0.15, -0.1) is 0 Å². The number of aryl methyl sites for hydroxylation is 3. The highest BCUT2D eigenvalue weighted by Crippen LogP contribution is 2.35. The van der Waals surface area contributed by atoms with Crippen LogP contribution in [-0.2, 0) is 11.2 Å². The van der Waals surface area contributed by atoms with E-state index in [1.165, 1.54) is 0 Å². The van der Waals surface area contributed by atoms with Crippen LogP contribution in [0.15, 0.2) is 33.6 Å². The Bertz CT molecular complexity index is 1030. The SMILES string of the molecule is Cc1noc(C)c1C1CCCN1C(=O)CCc1nc2ccccc2[nH]c1=O. The summed E-state index contributed by atoms with van der Waals surface area (Å²) in [5, 5.41) is 4.02. The zero-order valence-corrected chi connectivity index (χ0v) is 15.5. The lowest BCUT2D eigenvalue weighted by Crippen LogP contribution is -2.31. The zero-order valence-electron chi connectivity index (χ0n) is 15.5. The van der Waals surface area contributed by atoms with Crippen LogP contribution in [0.25, 0.3) is 11.0 Å². The minimum Gasteiger partial charge on any atom is -0.361 e. The Morgan fingerprint density at radius 3 is 2.93 bits per heavy atom. The van der Waals surface area contributed by atoms with Gasteiger partial charge >= 0.3 is 0 Å². The molecule has 0 radical (unpaired) electrons. The minimum atomic E-state index is -0.231. The van der Waals surface area contributed by atoms with Gasteiger partial charge in [0.1, 0.15) is 11.5 Å². The molecule has 27 heavy (non-hydrogen) atoms. The van der Waals surface area contributed by atoms with Gasteiger partial charge in [-0.2, -0.15) is 0 Å². The first-order valence-corrected chi connectivity index (χ1v) is 9.25. The van der Waals surface area contributed by atoms with Crippen LogP contribution >= 0.6 is 0 Å². The molecule has 0 saturated carbocycles. The molecule has 1 N–H and O–H groups in total. The van der Waals surface area contributed by atoms with Crippen LogP contribution in [0.5, 0.6) is 0 Å². The number of aromatic nitrogens is 3. The Morgan fingerprint density at radius 1 is 1.33 bits per heavy atom. The van der Waals surface area contributed by atoms with Crippen LogP contribution in [0.2, 0.25) is 0 Å². The summed E-state index contributed by atoms with van der Waals surface area (Å²) in [6.07, 6.45) is 2.44. The van der Waals surface area contributed by atoms with E-state index in [0.29, 0.717) is 17.6 Å². The molecule has 1 aromatic carbocycles. The predicted octanol–water partition coefficient (Wildman–Crippen LogP) is 2.82. The molecule has 7 heteroatoms. The summed E-state index contributed by atoms with van der Waals surface area (Å²) in [6.45, 7) is 4.51. The number of likely N-dealkylation sites (tertiary alicyclic amines) is 1. The molecule has 4 rings (SSSR count). The first kappa shape index (κ1) is 17.5. The van der Waals surface area contributed by atoms with E-state index in [9.17, 15) is 9.59 Å².